The first-order valence-electron chi connectivity index (χ1n) is 11.2. The molecule has 0 spiro atoms. The molecule has 176 valence electrons. The zero-order chi connectivity index (χ0) is 23.7. The summed E-state index contributed by atoms with van der Waals surface area (Å²) in [5.74, 6) is 1.53. The predicted octanol–water partition coefficient (Wildman–Crippen LogP) is 5.08. The lowest BCUT2D eigenvalue weighted by Crippen LogP contribution is -2.48. The van der Waals surface area contributed by atoms with E-state index in [-0.39, 0.29) is 12.1 Å². The normalized spacial score (nSPS) is 20.6. The van der Waals surface area contributed by atoms with Crippen LogP contribution in [0, 0.1) is 0 Å². The topological polar surface area (TPSA) is 89.7 Å². The number of urea groups is 1. The van der Waals surface area contributed by atoms with Crippen molar-refractivity contribution >= 4 is 23.2 Å². The number of methoxy groups -OCH3 is 1. The lowest BCUT2D eigenvalue weighted by Gasteiger charge is -2.36. The summed E-state index contributed by atoms with van der Waals surface area (Å²) in [5, 5.41) is 7.94. The van der Waals surface area contributed by atoms with Gasteiger partial charge in [-0.3, -0.25) is 4.90 Å². The van der Waals surface area contributed by atoms with E-state index < -0.39 is 6.04 Å². The number of carbonyl (C=O) groups is 1. The van der Waals surface area contributed by atoms with Crippen molar-refractivity contribution in [1.82, 2.24) is 20.4 Å². The number of hydrogen-bond donors (Lipinski definition) is 1. The number of benzene rings is 2. The Bertz CT molecular complexity index is 1200. The zero-order valence-corrected chi connectivity index (χ0v) is 19.7. The predicted molar refractivity (Wildman–Crippen MR) is 127 cm³/mol. The van der Waals surface area contributed by atoms with Gasteiger partial charge in [0.2, 0.25) is 5.82 Å². The van der Waals surface area contributed by atoms with Crippen LogP contribution in [0.5, 0.6) is 5.75 Å². The highest BCUT2D eigenvalue weighted by Crippen LogP contribution is 2.38. The number of amides is 2. The Hall–Kier alpha value is -3.36. The van der Waals surface area contributed by atoms with Crippen LogP contribution in [0.4, 0.5) is 4.79 Å². The largest absolute Gasteiger partial charge is 0.497 e. The fraction of sp³-hybridized carbons (Fsp3) is 0.320. The minimum absolute atomic E-state index is 0.00630. The van der Waals surface area contributed by atoms with Gasteiger partial charge in [0.15, 0.2) is 0 Å². The molecule has 9 heteroatoms. The van der Waals surface area contributed by atoms with Gasteiger partial charge in [0.25, 0.3) is 5.89 Å². The van der Waals surface area contributed by atoms with Gasteiger partial charge in [-0.2, -0.15) is 4.98 Å². The summed E-state index contributed by atoms with van der Waals surface area (Å²) in [5.41, 5.74) is 3.17. The van der Waals surface area contributed by atoms with Gasteiger partial charge in [-0.15, -0.1) is 0 Å². The number of allylic oxidation sites excluding steroid dienone is 1. The van der Waals surface area contributed by atoms with Crippen LogP contribution < -0.4 is 10.1 Å². The van der Waals surface area contributed by atoms with Crippen molar-refractivity contribution in [2.75, 3.05) is 20.3 Å². The van der Waals surface area contributed by atoms with Crippen LogP contribution in [-0.2, 0) is 4.74 Å². The maximum Gasteiger partial charge on any atom is 0.322 e. The molecule has 2 atom stereocenters. The Morgan fingerprint density at radius 2 is 1.94 bits per heavy atom. The average molecular weight is 481 g/mol. The van der Waals surface area contributed by atoms with E-state index in [1.54, 1.807) is 24.1 Å². The maximum atomic E-state index is 13.2. The van der Waals surface area contributed by atoms with E-state index in [9.17, 15) is 4.79 Å². The second-order valence-corrected chi connectivity index (χ2v) is 8.77. The van der Waals surface area contributed by atoms with Crippen LogP contribution in [0.1, 0.15) is 37.3 Å². The third-order valence-corrected chi connectivity index (χ3v) is 6.47. The van der Waals surface area contributed by atoms with Gasteiger partial charge in [0.1, 0.15) is 5.75 Å². The first kappa shape index (κ1) is 22.4. The molecular weight excluding hydrogens is 456 g/mol. The number of halogens is 1. The van der Waals surface area contributed by atoms with Gasteiger partial charge >= 0.3 is 6.03 Å². The van der Waals surface area contributed by atoms with Crippen LogP contribution in [0.3, 0.4) is 0 Å². The average Bonchev–Trinajstić information content (AvgIpc) is 3.54. The Morgan fingerprint density at radius 3 is 2.62 bits per heavy atom. The van der Waals surface area contributed by atoms with Gasteiger partial charge in [-0.25, -0.2) is 4.79 Å². The van der Waals surface area contributed by atoms with Gasteiger partial charge in [0, 0.05) is 22.9 Å². The van der Waals surface area contributed by atoms with Crippen LogP contribution in [0.25, 0.3) is 17.0 Å². The molecule has 2 amide bonds. The highest BCUT2D eigenvalue weighted by molar-refractivity contribution is 6.30. The van der Waals surface area contributed by atoms with Crippen molar-refractivity contribution in [1.29, 1.82) is 0 Å². The fourth-order valence-electron chi connectivity index (χ4n) is 4.37. The number of ether oxygens (including phenoxy) is 2. The number of carbonyl (C=O) groups excluding carboxylic acids is 1. The van der Waals surface area contributed by atoms with Crippen molar-refractivity contribution < 1.29 is 18.8 Å². The van der Waals surface area contributed by atoms with Crippen molar-refractivity contribution in [2.24, 2.45) is 0 Å². The van der Waals surface area contributed by atoms with Gasteiger partial charge in [0.05, 0.1) is 31.4 Å². The van der Waals surface area contributed by atoms with E-state index in [1.165, 1.54) is 0 Å². The molecule has 2 aliphatic rings. The smallest absolute Gasteiger partial charge is 0.322 e. The van der Waals surface area contributed by atoms with Crippen LogP contribution in [-0.4, -0.2) is 47.4 Å². The van der Waals surface area contributed by atoms with E-state index >= 15 is 0 Å². The standard InChI is InChI=1S/C25H25ClN4O4/c1-15-21(24-28-23(29-34-24)17-5-9-18(26)10-6-17)22(16-7-11-19(32-2)12-8-16)27-25(31)30(15)14-20-4-3-13-33-20/h5-12,20,22H,3-4,13-14H2,1-2H3,(H,27,31). The quantitative estimate of drug-likeness (QED) is 0.529. The van der Waals surface area contributed by atoms with E-state index in [4.69, 9.17) is 25.6 Å². The molecule has 3 heterocycles. The molecule has 0 bridgehead atoms. The number of hydrogen-bond acceptors (Lipinski definition) is 6. The highest BCUT2D eigenvalue weighted by atomic mass is 35.5. The number of nitrogens with zero attached hydrogens (tertiary/aromatic N) is 3. The summed E-state index contributed by atoms with van der Waals surface area (Å²) in [7, 11) is 1.62. The molecule has 0 aliphatic carbocycles. The lowest BCUT2D eigenvalue weighted by atomic mass is 9.94. The molecule has 0 saturated carbocycles. The molecule has 3 aromatic rings. The van der Waals surface area contributed by atoms with Gasteiger partial charge < -0.3 is 19.3 Å². The summed E-state index contributed by atoms with van der Waals surface area (Å²) >= 11 is 6.02. The monoisotopic (exact) mass is 480 g/mol. The third kappa shape index (κ3) is 4.38. The van der Waals surface area contributed by atoms with E-state index in [0.717, 1.165) is 47.6 Å². The number of nitrogens with one attached hydrogen (secondary N) is 1. The van der Waals surface area contributed by atoms with Crippen molar-refractivity contribution in [2.45, 2.75) is 31.9 Å². The number of aromatic nitrogens is 2. The molecule has 2 aliphatic heterocycles. The molecule has 1 aromatic heterocycles. The lowest BCUT2D eigenvalue weighted by molar-refractivity contribution is 0.0877. The minimum atomic E-state index is -0.460. The Morgan fingerprint density at radius 1 is 1.18 bits per heavy atom. The summed E-state index contributed by atoms with van der Waals surface area (Å²) < 4.78 is 16.8. The second kappa shape index (κ2) is 9.48. The molecular formula is C25H25ClN4O4. The van der Waals surface area contributed by atoms with Crippen LogP contribution >= 0.6 is 11.6 Å². The van der Waals surface area contributed by atoms with Crippen molar-refractivity contribution in [3.05, 3.63) is 70.7 Å². The molecule has 34 heavy (non-hydrogen) atoms. The van der Waals surface area contributed by atoms with Crippen LogP contribution in [0.15, 0.2) is 58.8 Å². The van der Waals surface area contributed by atoms with E-state index in [0.29, 0.717) is 23.3 Å². The summed E-state index contributed by atoms with van der Waals surface area (Å²) in [6, 6.07) is 14.2. The molecule has 8 nitrogen and oxygen atoms in total. The van der Waals surface area contributed by atoms with Gasteiger partial charge in [-0.05, 0) is 61.7 Å². The SMILES string of the molecule is COc1ccc(C2NC(=O)N(CC3CCCO3)C(C)=C2c2nc(-c3ccc(Cl)cc3)no2)cc1. The van der Waals surface area contributed by atoms with Crippen LogP contribution in [0.2, 0.25) is 5.02 Å². The highest BCUT2D eigenvalue weighted by Gasteiger charge is 2.37. The zero-order valence-electron chi connectivity index (χ0n) is 19.0. The molecule has 0 radical (unpaired) electrons. The first-order chi connectivity index (χ1) is 16.5. The fourth-order valence-corrected chi connectivity index (χ4v) is 4.49. The Labute approximate surface area is 202 Å². The maximum absolute atomic E-state index is 13.2. The summed E-state index contributed by atoms with van der Waals surface area (Å²) in [6.07, 6.45) is 1.93. The van der Waals surface area contributed by atoms with Crippen molar-refractivity contribution in [3.63, 3.8) is 0 Å². The minimum Gasteiger partial charge on any atom is -0.497 e. The summed E-state index contributed by atoms with van der Waals surface area (Å²) in [4.78, 5) is 19.5. The molecule has 2 aromatic carbocycles. The Kier molecular flexibility index (Phi) is 6.26. The molecule has 5 rings (SSSR count). The van der Waals surface area contributed by atoms with Crippen molar-refractivity contribution in [3.8, 4) is 17.1 Å². The van der Waals surface area contributed by atoms with E-state index in [1.807, 2.05) is 43.3 Å². The van der Waals surface area contributed by atoms with Gasteiger partial charge in [-0.1, -0.05) is 28.9 Å². The Balaban J connectivity index is 1.55. The molecule has 1 N–H and O–H groups in total. The molecule has 1 fully saturated rings. The first-order valence-corrected chi connectivity index (χ1v) is 11.6. The molecule has 1 saturated heterocycles. The number of rotatable bonds is 6. The van der Waals surface area contributed by atoms with E-state index in [2.05, 4.69) is 15.5 Å². The third-order valence-electron chi connectivity index (χ3n) is 6.21. The second-order valence-electron chi connectivity index (χ2n) is 8.33. The summed E-state index contributed by atoms with van der Waals surface area (Å²) in [6.45, 7) is 3.10. The molecule has 2 unspecified atom stereocenters.